The minimum Gasteiger partial charge on any atom is -0.477 e. The predicted octanol–water partition coefficient (Wildman–Crippen LogP) is 3.70. The van der Waals surface area contributed by atoms with Crippen molar-refractivity contribution in [1.29, 1.82) is 0 Å². The molecule has 1 aromatic heterocycles. The molecule has 0 spiro atoms. The van der Waals surface area contributed by atoms with E-state index >= 15 is 0 Å². The molecule has 1 heterocycles. The molecule has 1 saturated carbocycles. The summed E-state index contributed by atoms with van der Waals surface area (Å²) in [5.74, 6) is 0.357. The average molecular weight is 366 g/mol. The number of hydrogen-bond acceptors (Lipinski definition) is 4. The maximum Gasteiger partial charge on any atom is 0.573 e. The van der Waals surface area contributed by atoms with Crippen molar-refractivity contribution in [2.45, 2.75) is 25.7 Å². The Labute approximate surface area is 148 Å². The fraction of sp³-hybridized carbons (Fsp3) is 0.333. The number of halogens is 3. The Bertz CT molecular complexity index is 759. The molecule has 5 nitrogen and oxygen atoms in total. The summed E-state index contributed by atoms with van der Waals surface area (Å²) in [6.45, 7) is 0.774. The van der Waals surface area contributed by atoms with Gasteiger partial charge in [-0.25, -0.2) is 4.98 Å². The first kappa shape index (κ1) is 18.0. The molecule has 1 N–H and O–H groups in total. The van der Waals surface area contributed by atoms with Crippen molar-refractivity contribution in [3.05, 3.63) is 53.7 Å². The molecule has 1 fully saturated rings. The van der Waals surface area contributed by atoms with Crippen molar-refractivity contribution >= 4 is 5.91 Å². The molecule has 1 amide bonds. The van der Waals surface area contributed by atoms with Crippen LogP contribution in [0.25, 0.3) is 0 Å². The van der Waals surface area contributed by atoms with Gasteiger partial charge in [-0.05, 0) is 42.5 Å². The van der Waals surface area contributed by atoms with Crippen LogP contribution in [0.1, 0.15) is 28.8 Å². The number of rotatable bonds is 7. The Balaban J connectivity index is 1.52. The maximum absolute atomic E-state index is 12.2. The van der Waals surface area contributed by atoms with Crippen molar-refractivity contribution in [3.63, 3.8) is 0 Å². The van der Waals surface area contributed by atoms with E-state index in [9.17, 15) is 18.0 Å². The monoisotopic (exact) mass is 366 g/mol. The van der Waals surface area contributed by atoms with Gasteiger partial charge in [0.2, 0.25) is 5.88 Å². The van der Waals surface area contributed by atoms with Crippen LogP contribution >= 0.6 is 0 Å². The van der Waals surface area contributed by atoms with Gasteiger partial charge in [-0.1, -0.05) is 12.1 Å². The highest BCUT2D eigenvalue weighted by Crippen LogP contribution is 2.29. The van der Waals surface area contributed by atoms with Gasteiger partial charge in [0.05, 0.1) is 6.61 Å². The molecular weight excluding hydrogens is 349 g/mol. The molecule has 138 valence electrons. The Hall–Kier alpha value is -2.77. The number of carbonyl (C=O) groups is 1. The van der Waals surface area contributed by atoms with E-state index in [-0.39, 0.29) is 18.2 Å². The number of nitrogens with zero attached hydrogens (tertiary/aromatic N) is 1. The highest BCUT2D eigenvalue weighted by molar-refractivity contribution is 5.94. The van der Waals surface area contributed by atoms with Gasteiger partial charge in [-0.2, -0.15) is 0 Å². The fourth-order valence-corrected chi connectivity index (χ4v) is 2.21. The van der Waals surface area contributed by atoms with E-state index < -0.39 is 6.36 Å². The number of carbonyl (C=O) groups excluding carboxylic acids is 1. The summed E-state index contributed by atoms with van der Waals surface area (Å²) in [7, 11) is 0. The number of pyridine rings is 1. The lowest BCUT2D eigenvalue weighted by Crippen LogP contribution is -2.23. The quantitative estimate of drug-likeness (QED) is 0.812. The van der Waals surface area contributed by atoms with Crippen LogP contribution in [-0.2, 0) is 6.54 Å². The molecule has 1 aliphatic rings. The smallest absolute Gasteiger partial charge is 0.477 e. The van der Waals surface area contributed by atoms with E-state index in [0.717, 1.165) is 12.8 Å². The van der Waals surface area contributed by atoms with Crippen LogP contribution in [0.2, 0.25) is 0 Å². The first-order chi connectivity index (χ1) is 12.4. The van der Waals surface area contributed by atoms with Crippen molar-refractivity contribution in [2.75, 3.05) is 6.61 Å². The maximum atomic E-state index is 12.2. The van der Waals surface area contributed by atoms with Crippen LogP contribution in [0.4, 0.5) is 13.2 Å². The zero-order valence-corrected chi connectivity index (χ0v) is 13.8. The van der Waals surface area contributed by atoms with Gasteiger partial charge in [0.15, 0.2) is 0 Å². The van der Waals surface area contributed by atoms with Gasteiger partial charge in [-0.15, -0.1) is 13.2 Å². The minimum absolute atomic E-state index is 0.172. The highest BCUT2D eigenvalue weighted by Gasteiger charge is 2.30. The first-order valence-electron chi connectivity index (χ1n) is 8.11. The molecule has 0 radical (unpaired) electrons. The zero-order chi connectivity index (χ0) is 18.6. The van der Waals surface area contributed by atoms with Gasteiger partial charge < -0.3 is 14.8 Å². The van der Waals surface area contributed by atoms with Crippen molar-refractivity contribution in [1.82, 2.24) is 10.3 Å². The fourth-order valence-electron chi connectivity index (χ4n) is 2.21. The van der Waals surface area contributed by atoms with Crippen LogP contribution in [0.5, 0.6) is 11.6 Å². The summed E-state index contributed by atoms with van der Waals surface area (Å²) in [6, 6.07) is 8.45. The van der Waals surface area contributed by atoms with Gasteiger partial charge >= 0.3 is 6.36 Å². The van der Waals surface area contributed by atoms with E-state index in [2.05, 4.69) is 15.0 Å². The number of benzene rings is 1. The molecule has 1 aliphatic carbocycles. The number of amides is 1. The van der Waals surface area contributed by atoms with Crippen molar-refractivity contribution in [2.24, 2.45) is 5.92 Å². The summed E-state index contributed by atoms with van der Waals surface area (Å²) in [5, 5.41) is 2.70. The molecular formula is C18H17F3N2O3. The lowest BCUT2D eigenvalue weighted by atomic mass is 10.2. The predicted molar refractivity (Wildman–Crippen MR) is 86.8 cm³/mol. The SMILES string of the molecule is O=C(NCc1ccc(OC(F)(F)F)cc1)c1ccnc(OCC2CC2)c1. The van der Waals surface area contributed by atoms with Gasteiger partial charge in [0, 0.05) is 24.4 Å². The Morgan fingerprint density at radius 3 is 2.58 bits per heavy atom. The van der Waals surface area contributed by atoms with Crippen molar-refractivity contribution in [3.8, 4) is 11.6 Å². The molecule has 26 heavy (non-hydrogen) atoms. The summed E-state index contributed by atoms with van der Waals surface area (Å²) in [4.78, 5) is 16.3. The lowest BCUT2D eigenvalue weighted by Gasteiger charge is -2.10. The number of nitrogens with one attached hydrogen (secondary N) is 1. The van der Waals surface area contributed by atoms with Crippen LogP contribution in [0.3, 0.4) is 0 Å². The van der Waals surface area contributed by atoms with E-state index in [1.54, 1.807) is 12.1 Å². The minimum atomic E-state index is -4.73. The molecule has 0 unspecified atom stereocenters. The third kappa shape index (κ3) is 5.65. The summed E-state index contributed by atoms with van der Waals surface area (Å²) in [6.07, 6.45) is -0.906. The highest BCUT2D eigenvalue weighted by atomic mass is 19.4. The lowest BCUT2D eigenvalue weighted by molar-refractivity contribution is -0.274. The normalized spacial score (nSPS) is 14.0. The van der Waals surface area contributed by atoms with E-state index in [1.807, 2.05) is 0 Å². The van der Waals surface area contributed by atoms with E-state index in [0.29, 0.717) is 29.5 Å². The molecule has 1 aromatic carbocycles. The molecule has 3 rings (SSSR count). The molecule has 0 saturated heterocycles. The summed E-state index contributed by atoms with van der Waals surface area (Å²) in [5.41, 5.74) is 1.05. The average Bonchev–Trinajstić information content (AvgIpc) is 3.42. The van der Waals surface area contributed by atoms with Gasteiger partial charge in [0.1, 0.15) is 5.75 Å². The molecule has 8 heteroatoms. The molecule has 0 aliphatic heterocycles. The number of ether oxygens (including phenoxy) is 2. The second kappa shape index (κ2) is 7.63. The van der Waals surface area contributed by atoms with E-state index in [4.69, 9.17) is 4.74 Å². The molecule has 2 aromatic rings. The van der Waals surface area contributed by atoms with Crippen LogP contribution in [-0.4, -0.2) is 23.9 Å². The zero-order valence-electron chi connectivity index (χ0n) is 13.8. The van der Waals surface area contributed by atoms with Gasteiger partial charge in [0.25, 0.3) is 5.91 Å². The van der Waals surface area contributed by atoms with Gasteiger partial charge in [-0.3, -0.25) is 4.79 Å². The second-order valence-corrected chi connectivity index (χ2v) is 6.01. The standard InChI is InChI=1S/C18H17F3N2O3/c19-18(20,21)26-15-5-3-12(4-6-15)10-23-17(24)14-7-8-22-16(9-14)25-11-13-1-2-13/h3-9,13H,1-2,10-11H2,(H,23,24). The molecule has 0 bridgehead atoms. The number of alkyl halides is 3. The Morgan fingerprint density at radius 2 is 1.92 bits per heavy atom. The van der Waals surface area contributed by atoms with Crippen molar-refractivity contribution < 1.29 is 27.4 Å². The number of aromatic nitrogens is 1. The second-order valence-electron chi connectivity index (χ2n) is 6.01. The third-order valence-corrected chi connectivity index (χ3v) is 3.77. The van der Waals surface area contributed by atoms with Crippen LogP contribution in [0, 0.1) is 5.92 Å². The Morgan fingerprint density at radius 1 is 1.19 bits per heavy atom. The van der Waals surface area contributed by atoms with E-state index in [1.165, 1.54) is 30.5 Å². The first-order valence-corrected chi connectivity index (χ1v) is 8.11. The molecule has 0 atom stereocenters. The Kier molecular flexibility index (Phi) is 5.29. The number of hydrogen-bond donors (Lipinski definition) is 1. The third-order valence-electron chi connectivity index (χ3n) is 3.77. The van der Waals surface area contributed by atoms with Crippen LogP contribution in [0.15, 0.2) is 42.6 Å². The largest absolute Gasteiger partial charge is 0.573 e. The van der Waals surface area contributed by atoms with Crippen LogP contribution < -0.4 is 14.8 Å². The summed E-state index contributed by atoms with van der Waals surface area (Å²) >= 11 is 0. The summed E-state index contributed by atoms with van der Waals surface area (Å²) < 4.78 is 45.7. The topological polar surface area (TPSA) is 60.5 Å².